The molecule has 0 bridgehead atoms. The zero-order chi connectivity index (χ0) is 17.4. The first kappa shape index (κ1) is 18.7. The van der Waals surface area contributed by atoms with E-state index in [-0.39, 0.29) is 24.4 Å². The number of benzene rings is 1. The number of nitrogens with one attached hydrogen (secondary N) is 1. The van der Waals surface area contributed by atoms with Gasteiger partial charge in [-0.1, -0.05) is 11.3 Å². The molecule has 2 aromatic rings. The molecule has 1 aromatic heterocycles. The molecule has 0 saturated carbocycles. The number of nitrogens with zero attached hydrogens (tertiary/aromatic N) is 4. The zero-order valence-electron chi connectivity index (χ0n) is 15.0. The van der Waals surface area contributed by atoms with Crippen molar-refractivity contribution in [2.75, 3.05) is 24.5 Å². The van der Waals surface area contributed by atoms with Crippen molar-refractivity contribution in [1.29, 1.82) is 0 Å². The summed E-state index contributed by atoms with van der Waals surface area (Å²) in [6.07, 6.45) is 3.74. The molecule has 3 heterocycles. The number of hydrogen-bond acceptors (Lipinski definition) is 5. The van der Waals surface area contributed by atoms with Crippen LogP contribution < -0.4 is 15.0 Å². The maximum Gasteiger partial charge on any atom is 0.280 e. The fourth-order valence-electron chi connectivity index (χ4n) is 3.50. The van der Waals surface area contributed by atoms with Crippen LogP contribution in [0.4, 0.5) is 5.69 Å². The number of piperidine rings is 1. The van der Waals surface area contributed by atoms with Crippen molar-refractivity contribution in [3.63, 3.8) is 0 Å². The van der Waals surface area contributed by atoms with Gasteiger partial charge >= 0.3 is 0 Å². The second-order valence-corrected chi connectivity index (χ2v) is 6.88. The highest BCUT2D eigenvalue weighted by Crippen LogP contribution is 2.35. The largest absolute Gasteiger partial charge is 0.487 e. The minimum atomic E-state index is -0.125. The number of anilines is 1. The Kier molecular flexibility index (Phi) is 5.48. The van der Waals surface area contributed by atoms with Gasteiger partial charge in [0.25, 0.3) is 5.91 Å². The summed E-state index contributed by atoms with van der Waals surface area (Å²) < 4.78 is 7.73. The van der Waals surface area contributed by atoms with Crippen molar-refractivity contribution >= 4 is 24.0 Å². The first-order chi connectivity index (χ1) is 12.1. The van der Waals surface area contributed by atoms with Gasteiger partial charge in [-0.3, -0.25) is 9.69 Å². The van der Waals surface area contributed by atoms with Crippen molar-refractivity contribution in [3.05, 3.63) is 35.7 Å². The van der Waals surface area contributed by atoms with Gasteiger partial charge in [-0.15, -0.1) is 17.5 Å². The van der Waals surface area contributed by atoms with E-state index >= 15 is 0 Å². The normalized spacial score (nSPS) is 20.1. The summed E-state index contributed by atoms with van der Waals surface area (Å²) in [4.78, 5) is 14.8. The summed E-state index contributed by atoms with van der Waals surface area (Å²) in [6, 6.07) is 6.21. The van der Waals surface area contributed by atoms with Crippen LogP contribution in [0.1, 0.15) is 41.9 Å². The standard InChI is InChI=1S/C18H23N5O2.ClH/c1-12-3-4-16-17(9-12)25-13(2)10-22(16)18(24)15-11-23(21-20-15)14-5-7-19-8-6-14;/h3-4,9,11,13-14,19H,5-8,10H2,1-2H3;1H. The molecule has 1 atom stereocenters. The third kappa shape index (κ3) is 3.54. The average Bonchev–Trinajstić information content (AvgIpc) is 3.11. The molecule has 7 nitrogen and oxygen atoms in total. The molecule has 2 aliphatic heterocycles. The number of halogens is 1. The van der Waals surface area contributed by atoms with E-state index < -0.39 is 0 Å². The Labute approximate surface area is 159 Å². The van der Waals surface area contributed by atoms with E-state index in [0.717, 1.165) is 42.9 Å². The lowest BCUT2D eigenvalue weighted by atomic mass is 10.1. The topological polar surface area (TPSA) is 72.3 Å². The van der Waals surface area contributed by atoms with Crippen LogP contribution in [0, 0.1) is 6.92 Å². The molecule has 1 amide bonds. The van der Waals surface area contributed by atoms with Gasteiger partial charge in [0.05, 0.1) is 24.5 Å². The summed E-state index contributed by atoms with van der Waals surface area (Å²) in [6.45, 7) is 6.44. The van der Waals surface area contributed by atoms with E-state index in [1.807, 2.05) is 36.7 Å². The zero-order valence-corrected chi connectivity index (χ0v) is 15.8. The molecule has 1 saturated heterocycles. The smallest absolute Gasteiger partial charge is 0.280 e. The molecule has 0 spiro atoms. The quantitative estimate of drug-likeness (QED) is 0.869. The van der Waals surface area contributed by atoms with Crippen molar-refractivity contribution < 1.29 is 9.53 Å². The van der Waals surface area contributed by atoms with Crippen LogP contribution in [-0.2, 0) is 0 Å². The highest BCUT2D eigenvalue weighted by Gasteiger charge is 2.30. The number of ether oxygens (including phenoxy) is 1. The lowest BCUT2D eigenvalue weighted by Crippen LogP contribution is -2.42. The van der Waals surface area contributed by atoms with Crippen LogP contribution >= 0.6 is 12.4 Å². The van der Waals surface area contributed by atoms with Crippen LogP contribution in [0.25, 0.3) is 0 Å². The Morgan fingerprint density at radius 3 is 2.85 bits per heavy atom. The molecule has 1 N–H and O–H groups in total. The highest BCUT2D eigenvalue weighted by atomic mass is 35.5. The van der Waals surface area contributed by atoms with Crippen LogP contribution in [0.2, 0.25) is 0 Å². The number of carbonyl (C=O) groups is 1. The van der Waals surface area contributed by atoms with Crippen molar-refractivity contribution in [1.82, 2.24) is 20.3 Å². The van der Waals surface area contributed by atoms with E-state index in [1.165, 1.54) is 0 Å². The van der Waals surface area contributed by atoms with E-state index in [2.05, 4.69) is 15.6 Å². The Hall–Kier alpha value is -2.12. The van der Waals surface area contributed by atoms with Crippen LogP contribution in [0.3, 0.4) is 0 Å². The number of aryl methyl sites for hydroxylation is 1. The summed E-state index contributed by atoms with van der Waals surface area (Å²) in [7, 11) is 0. The molecular weight excluding hydrogens is 354 g/mol. The molecular formula is C18H24ClN5O2. The number of fused-ring (bicyclic) bond motifs is 1. The number of aromatic nitrogens is 3. The SMILES string of the molecule is Cc1ccc2c(c1)OC(C)CN2C(=O)c1cn(C2CCNCC2)nn1.Cl. The van der Waals surface area contributed by atoms with Gasteiger partial charge in [0.2, 0.25) is 0 Å². The first-order valence-corrected chi connectivity index (χ1v) is 8.83. The monoisotopic (exact) mass is 377 g/mol. The maximum absolute atomic E-state index is 13.0. The molecule has 1 aromatic carbocycles. The molecule has 8 heteroatoms. The second-order valence-electron chi connectivity index (χ2n) is 6.88. The van der Waals surface area contributed by atoms with Crippen molar-refractivity contribution in [2.45, 2.75) is 38.8 Å². The summed E-state index contributed by atoms with van der Waals surface area (Å²) in [5.74, 6) is 0.623. The van der Waals surface area contributed by atoms with Crippen molar-refractivity contribution in [2.24, 2.45) is 0 Å². The fourth-order valence-corrected chi connectivity index (χ4v) is 3.50. The second kappa shape index (κ2) is 7.63. The number of carbonyl (C=O) groups excluding carboxylic acids is 1. The fraction of sp³-hybridized carbons (Fsp3) is 0.500. The molecule has 1 unspecified atom stereocenters. The first-order valence-electron chi connectivity index (χ1n) is 8.83. The van der Waals surface area contributed by atoms with Crippen LogP contribution in [0.5, 0.6) is 5.75 Å². The average molecular weight is 378 g/mol. The third-order valence-corrected chi connectivity index (χ3v) is 4.83. The Bertz CT molecular complexity index is 788. The van der Waals surface area contributed by atoms with E-state index in [1.54, 1.807) is 11.1 Å². The predicted octanol–water partition coefficient (Wildman–Crippen LogP) is 2.36. The van der Waals surface area contributed by atoms with Crippen LogP contribution in [-0.4, -0.2) is 46.6 Å². The van der Waals surface area contributed by atoms with Crippen molar-refractivity contribution in [3.8, 4) is 5.75 Å². The lowest BCUT2D eigenvalue weighted by Gasteiger charge is -2.33. The van der Waals surface area contributed by atoms with Gasteiger partial charge in [-0.2, -0.15) is 0 Å². The van der Waals surface area contributed by atoms with Gasteiger partial charge < -0.3 is 10.1 Å². The molecule has 1 fully saturated rings. The lowest BCUT2D eigenvalue weighted by molar-refractivity contribution is 0.0956. The molecule has 2 aliphatic rings. The molecule has 0 radical (unpaired) electrons. The van der Waals surface area contributed by atoms with Gasteiger partial charge in [0.15, 0.2) is 5.69 Å². The minimum Gasteiger partial charge on any atom is -0.487 e. The van der Waals surface area contributed by atoms with Gasteiger partial charge in [-0.05, 0) is 57.5 Å². The van der Waals surface area contributed by atoms with Crippen LogP contribution in [0.15, 0.2) is 24.4 Å². The predicted molar refractivity (Wildman–Crippen MR) is 101 cm³/mol. The maximum atomic E-state index is 13.0. The minimum absolute atomic E-state index is 0. The Balaban J connectivity index is 0.00000196. The van der Waals surface area contributed by atoms with Gasteiger partial charge in [0, 0.05) is 0 Å². The summed E-state index contributed by atoms with van der Waals surface area (Å²) >= 11 is 0. The molecule has 26 heavy (non-hydrogen) atoms. The summed E-state index contributed by atoms with van der Waals surface area (Å²) in [5, 5.41) is 11.7. The Morgan fingerprint density at radius 1 is 1.31 bits per heavy atom. The number of hydrogen-bond donors (Lipinski definition) is 1. The number of rotatable bonds is 2. The third-order valence-electron chi connectivity index (χ3n) is 4.83. The highest BCUT2D eigenvalue weighted by molar-refractivity contribution is 6.05. The number of amides is 1. The summed E-state index contributed by atoms with van der Waals surface area (Å²) in [5.41, 5.74) is 2.29. The molecule has 4 rings (SSSR count). The van der Waals surface area contributed by atoms with E-state index in [0.29, 0.717) is 18.3 Å². The Morgan fingerprint density at radius 2 is 2.08 bits per heavy atom. The van der Waals surface area contributed by atoms with E-state index in [9.17, 15) is 4.79 Å². The van der Waals surface area contributed by atoms with E-state index in [4.69, 9.17) is 4.74 Å². The van der Waals surface area contributed by atoms with Gasteiger partial charge in [0.1, 0.15) is 11.9 Å². The van der Waals surface area contributed by atoms with Gasteiger partial charge in [-0.25, -0.2) is 4.68 Å². The molecule has 140 valence electrons. The molecule has 0 aliphatic carbocycles.